The molecule has 1 aromatic carbocycles. The van der Waals surface area contributed by atoms with E-state index in [1.165, 1.54) is 12.1 Å². The van der Waals surface area contributed by atoms with Crippen LogP contribution < -0.4 is 10.1 Å². The second-order valence-corrected chi connectivity index (χ2v) is 5.31. The predicted molar refractivity (Wildman–Crippen MR) is 73.0 cm³/mol. The molecule has 116 valence electrons. The Labute approximate surface area is 122 Å². The number of hydrogen-bond donors (Lipinski definition) is 1. The van der Waals surface area contributed by atoms with E-state index in [1.807, 2.05) is 0 Å². The second-order valence-electron chi connectivity index (χ2n) is 5.31. The molecule has 0 aromatic heterocycles. The summed E-state index contributed by atoms with van der Waals surface area (Å²) in [6.45, 7) is 3.46. The molecule has 1 N–H and O–H groups in total. The van der Waals surface area contributed by atoms with E-state index in [-0.39, 0.29) is 25.0 Å². The zero-order chi connectivity index (χ0) is 15.5. The second kappa shape index (κ2) is 6.39. The molecule has 1 saturated carbocycles. The molecule has 1 unspecified atom stereocenters. The van der Waals surface area contributed by atoms with Gasteiger partial charge in [-0.05, 0) is 38.8 Å². The number of esters is 1. The largest absolute Gasteiger partial charge is 0.488 e. The molecule has 0 spiro atoms. The summed E-state index contributed by atoms with van der Waals surface area (Å²) in [5.74, 6) is -2.73. The van der Waals surface area contributed by atoms with Gasteiger partial charge in [-0.15, -0.1) is 0 Å². The van der Waals surface area contributed by atoms with Crippen molar-refractivity contribution in [2.75, 3.05) is 13.2 Å². The van der Waals surface area contributed by atoms with Crippen LogP contribution in [0.1, 0.15) is 26.7 Å². The summed E-state index contributed by atoms with van der Waals surface area (Å²) in [6, 6.07) is 3.92. The highest BCUT2D eigenvalue weighted by molar-refractivity contribution is 5.80. The average molecular weight is 299 g/mol. The monoisotopic (exact) mass is 299 g/mol. The van der Waals surface area contributed by atoms with Gasteiger partial charge in [-0.3, -0.25) is 5.32 Å². The molecular formula is C15H19F2NO3. The molecule has 0 saturated heterocycles. The molecule has 0 aliphatic heterocycles. The fourth-order valence-electron chi connectivity index (χ4n) is 1.95. The molecular weight excluding hydrogens is 280 g/mol. The Morgan fingerprint density at radius 1 is 1.43 bits per heavy atom. The van der Waals surface area contributed by atoms with Crippen molar-refractivity contribution in [1.82, 2.24) is 5.32 Å². The molecule has 0 amide bonds. The lowest BCUT2D eigenvalue weighted by atomic mass is 10.0. The number of rotatable bonds is 7. The van der Waals surface area contributed by atoms with Crippen LogP contribution in [0.3, 0.4) is 0 Å². The zero-order valence-electron chi connectivity index (χ0n) is 12.1. The van der Waals surface area contributed by atoms with Gasteiger partial charge in [-0.1, -0.05) is 6.07 Å². The smallest absolute Gasteiger partial charge is 0.329 e. The fourth-order valence-corrected chi connectivity index (χ4v) is 1.95. The Bertz CT molecular complexity index is 520. The van der Waals surface area contributed by atoms with Crippen LogP contribution in [0.2, 0.25) is 0 Å². The summed E-state index contributed by atoms with van der Waals surface area (Å²) in [7, 11) is 0. The van der Waals surface area contributed by atoms with Gasteiger partial charge in [-0.2, -0.15) is 4.39 Å². The Hall–Kier alpha value is -1.69. The van der Waals surface area contributed by atoms with E-state index >= 15 is 0 Å². The molecule has 0 bridgehead atoms. The van der Waals surface area contributed by atoms with Crippen LogP contribution in [0.5, 0.6) is 5.75 Å². The highest BCUT2D eigenvalue weighted by Crippen LogP contribution is 2.25. The summed E-state index contributed by atoms with van der Waals surface area (Å²) >= 11 is 0. The zero-order valence-corrected chi connectivity index (χ0v) is 12.1. The Morgan fingerprint density at radius 3 is 2.76 bits per heavy atom. The van der Waals surface area contributed by atoms with Crippen LogP contribution in [-0.4, -0.2) is 30.8 Å². The van der Waals surface area contributed by atoms with Gasteiger partial charge in [0.2, 0.25) is 5.82 Å². The van der Waals surface area contributed by atoms with E-state index in [0.29, 0.717) is 0 Å². The Balaban J connectivity index is 2.07. The summed E-state index contributed by atoms with van der Waals surface area (Å²) in [5.41, 5.74) is -1.09. The topological polar surface area (TPSA) is 47.6 Å². The van der Waals surface area contributed by atoms with E-state index in [0.717, 1.165) is 18.9 Å². The number of ether oxygens (including phenoxy) is 2. The van der Waals surface area contributed by atoms with Crippen LogP contribution in [0.4, 0.5) is 8.78 Å². The lowest BCUT2D eigenvalue weighted by molar-refractivity contribution is -0.152. The van der Waals surface area contributed by atoms with E-state index in [1.54, 1.807) is 13.8 Å². The highest BCUT2D eigenvalue weighted by Gasteiger charge is 2.40. The van der Waals surface area contributed by atoms with Crippen molar-refractivity contribution in [1.29, 1.82) is 0 Å². The Morgan fingerprint density at radius 2 is 2.14 bits per heavy atom. The first-order valence-corrected chi connectivity index (χ1v) is 6.98. The standard InChI is InChI=1S/C15H19F2NO3/c1-3-20-14(19)15(2,18-10-7-8-10)9-21-12-6-4-5-11(16)13(12)17/h4-6,10,18H,3,7-9H2,1-2H3. The molecule has 1 aromatic rings. The maximum atomic E-state index is 13.6. The molecule has 1 aliphatic carbocycles. The predicted octanol–water partition coefficient (Wildman–Crippen LogP) is 2.42. The van der Waals surface area contributed by atoms with Crippen LogP contribution in [0.15, 0.2) is 18.2 Å². The maximum absolute atomic E-state index is 13.6. The highest BCUT2D eigenvalue weighted by atomic mass is 19.2. The minimum absolute atomic E-state index is 0.136. The van der Waals surface area contributed by atoms with Gasteiger partial charge in [-0.25, -0.2) is 9.18 Å². The van der Waals surface area contributed by atoms with Crippen LogP contribution >= 0.6 is 0 Å². The molecule has 21 heavy (non-hydrogen) atoms. The number of nitrogens with one attached hydrogen (secondary N) is 1. The van der Waals surface area contributed by atoms with Gasteiger partial charge >= 0.3 is 5.97 Å². The van der Waals surface area contributed by atoms with E-state index in [4.69, 9.17) is 9.47 Å². The molecule has 1 aliphatic rings. The number of carbonyl (C=O) groups excluding carboxylic acids is 1. The first-order chi connectivity index (χ1) is 9.96. The van der Waals surface area contributed by atoms with Gasteiger partial charge in [0.15, 0.2) is 11.6 Å². The SMILES string of the molecule is CCOC(=O)C(C)(COc1cccc(F)c1F)NC1CC1. The first-order valence-electron chi connectivity index (χ1n) is 6.98. The lowest BCUT2D eigenvalue weighted by Crippen LogP contribution is -2.55. The molecule has 0 heterocycles. The summed E-state index contributed by atoms with van der Waals surface area (Å²) in [4.78, 5) is 12.1. The van der Waals surface area contributed by atoms with Crippen molar-refractivity contribution in [2.24, 2.45) is 0 Å². The molecule has 1 fully saturated rings. The minimum atomic E-state index is -1.09. The van der Waals surface area contributed by atoms with Gasteiger partial charge in [0.1, 0.15) is 12.1 Å². The van der Waals surface area contributed by atoms with Crippen molar-refractivity contribution in [3.63, 3.8) is 0 Å². The summed E-state index contributed by atoms with van der Waals surface area (Å²) in [5, 5.41) is 3.14. The van der Waals surface area contributed by atoms with Crippen LogP contribution in [-0.2, 0) is 9.53 Å². The molecule has 4 nitrogen and oxygen atoms in total. The van der Waals surface area contributed by atoms with Crippen molar-refractivity contribution in [3.05, 3.63) is 29.8 Å². The normalized spacial score (nSPS) is 17.1. The average Bonchev–Trinajstić information content (AvgIpc) is 3.24. The summed E-state index contributed by atoms with van der Waals surface area (Å²) in [6.07, 6.45) is 1.95. The van der Waals surface area contributed by atoms with Gasteiger partial charge < -0.3 is 9.47 Å². The minimum Gasteiger partial charge on any atom is -0.488 e. The number of benzene rings is 1. The van der Waals surface area contributed by atoms with E-state index in [9.17, 15) is 13.6 Å². The molecule has 0 radical (unpaired) electrons. The molecule has 6 heteroatoms. The first kappa shape index (κ1) is 15.7. The third-order valence-electron chi connectivity index (χ3n) is 3.26. The maximum Gasteiger partial charge on any atom is 0.329 e. The van der Waals surface area contributed by atoms with Crippen LogP contribution in [0, 0.1) is 11.6 Å². The number of halogens is 2. The van der Waals surface area contributed by atoms with Crippen molar-refractivity contribution >= 4 is 5.97 Å². The van der Waals surface area contributed by atoms with Crippen molar-refractivity contribution in [3.8, 4) is 5.75 Å². The van der Waals surface area contributed by atoms with Crippen molar-refractivity contribution in [2.45, 2.75) is 38.3 Å². The Kier molecular flexibility index (Phi) is 4.77. The van der Waals surface area contributed by atoms with E-state index in [2.05, 4.69) is 5.32 Å². The van der Waals surface area contributed by atoms with Crippen LogP contribution in [0.25, 0.3) is 0 Å². The number of hydrogen-bond acceptors (Lipinski definition) is 4. The lowest BCUT2D eigenvalue weighted by Gasteiger charge is -2.28. The fraction of sp³-hybridized carbons (Fsp3) is 0.533. The van der Waals surface area contributed by atoms with E-state index < -0.39 is 23.1 Å². The van der Waals surface area contributed by atoms with Gasteiger partial charge in [0.05, 0.1) is 6.61 Å². The quantitative estimate of drug-likeness (QED) is 0.786. The number of carbonyl (C=O) groups is 1. The van der Waals surface area contributed by atoms with Gasteiger partial charge in [0.25, 0.3) is 0 Å². The molecule has 1 atom stereocenters. The third-order valence-corrected chi connectivity index (χ3v) is 3.26. The third kappa shape index (κ3) is 3.91. The van der Waals surface area contributed by atoms with Gasteiger partial charge in [0, 0.05) is 6.04 Å². The van der Waals surface area contributed by atoms with Crippen molar-refractivity contribution < 1.29 is 23.0 Å². The molecule has 2 rings (SSSR count). The summed E-state index contributed by atoms with van der Waals surface area (Å²) < 4.78 is 37.0.